The molecule has 0 radical (unpaired) electrons. The summed E-state index contributed by atoms with van der Waals surface area (Å²) < 4.78 is 10.0. The van der Waals surface area contributed by atoms with Gasteiger partial charge in [0.15, 0.2) is 0 Å². The molecule has 1 aromatic carbocycles. The van der Waals surface area contributed by atoms with Crippen LogP contribution in [0.3, 0.4) is 0 Å². The van der Waals surface area contributed by atoms with E-state index in [9.17, 15) is 0 Å². The molecule has 152 valence electrons. The Balaban J connectivity index is 1.96. The van der Waals surface area contributed by atoms with E-state index in [2.05, 4.69) is 48.4 Å². The molecule has 0 saturated carbocycles. The molecule has 1 N–H and O–H groups in total. The molecular weight excluding hydrogens is 336 g/mol. The van der Waals surface area contributed by atoms with Crippen molar-refractivity contribution in [3.05, 3.63) is 29.9 Å². The van der Waals surface area contributed by atoms with Gasteiger partial charge in [0.25, 0.3) is 0 Å². The molecule has 27 heavy (non-hydrogen) atoms. The Morgan fingerprint density at radius 2 is 1.52 bits per heavy atom. The summed E-state index contributed by atoms with van der Waals surface area (Å²) in [7, 11) is 0. The Kier molecular flexibility index (Phi) is 9.64. The number of para-hydroxylation sites is 2. The predicted molar refractivity (Wildman–Crippen MR) is 113 cm³/mol. The molecule has 0 aliphatic carbocycles. The van der Waals surface area contributed by atoms with E-state index in [1.807, 2.05) is 10.6 Å². The summed E-state index contributed by atoms with van der Waals surface area (Å²) in [5.74, 6) is 0. The molecule has 2 aromatic rings. The maximum atomic E-state index is 8.65. The van der Waals surface area contributed by atoms with Crippen molar-refractivity contribution in [1.29, 1.82) is 5.41 Å². The zero-order valence-corrected chi connectivity index (χ0v) is 17.5. The molecule has 0 aliphatic heterocycles. The number of unbranched alkanes of at least 4 members (excludes halogenated alkanes) is 5. The van der Waals surface area contributed by atoms with E-state index in [1.54, 1.807) is 0 Å². The first-order valence-electron chi connectivity index (χ1n) is 10.8. The Morgan fingerprint density at radius 3 is 2.19 bits per heavy atom. The molecule has 5 nitrogen and oxygen atoms in total. The van der Waals surface area contributed by atoms with E-state index < -0.39 is 0 Å². The normalized spacial score (nSPS) is 11.7. The van der Waals surface area contributed by atoms with E-state index in [0.29, 0.717) is 12.3 Å². The third kappa shape index (κ3) is 6.22. The van der Waals surface area contributed by atoms with Crippen molar-refractivity contribution in [3.8, 4) is 0 Å². The number of likely N-dealkylation sites (N-methyl/N-ethyl adjacent to an activating group) is 1. The summed E-state index contributed by atoms with van der Waals surface area (Å²) in [5, 5.41) is 8.65. The molecule has 1 heterocycles. The van der Waals surface area contributed by atoms with Gasteiger partial charge in [-0.05, 0) is 31.6 Å². The second-order valence-corrected chi connectivity index (χ2v) is 7.22. The van der Waals surface area contributed by atoms with Crippen LogP contribution in [0.2, 0.25) is 0 Å². The standard InChI is InChI=1S/C22H38N4O/c1-4-7-8-9-10-13-18-27-19-26-21-15-12-11-14-20(21)25(22(26)23)17-16-24(5-2)6-3/h11-12,14-15,23H,4-10,13,16-19H2,1-3H3. The average Bonchev–Trinajstić information content (AvgIpc) is 2.96. The highest BCUT2D eigenvalue weighted by Crippen LogP contribution is 2.13. The molecule has 5 heteroatoms. The zero-order valence-electron chi connectivity index (χ0n) is 17.5. The number of aromatic nitrogens is 2. The summed E-state index contributed by atoms with van der Waals surface area (Å²) in [6, 6.07) is 8.30. The fourth-order valence-electron chi connectivity index (χ4n) is 3.57. The van der Waals surface area contributed by atoms with E-state index in [4.69, 9.17) is 10.1 Å². The summed E-state index contributed by atoms with van der Waals surface area (Å²) in [6.07, 6.45) is 7.62. The van der Waals surface area contributed by atoms with Gasteiger partial charge in [0.05, 0.1) is 11.0 Å². The van der Waals surface area contributed by atoms with Crippen LogP contribution >= 0.6 is 0 Å². The van der Waals surface area contributed by atoms with Crippen LogP contribution in [0.5, 0.6) is 0 Å². The summed E-state index contributed by atoms with van der Waals surface area (Å²) >= 11 is 0. The highest BCUT2D eigenvalue weighted by Gasteiger charge is 2.11. The van der Waals surface area contributed by atoms with Crippen molar-refractivity contribution in [2.24, 2.45) is 0 Å². The van der Waals surface area contributed by atoms with Crippen LogP contribution in [-0.4, -0.2) is 40.3 Å². The van der Waals surface area contributed by atoms with Crippen LogP contribution in [-0.2, 0) is 18.0 Å². The largest absolute Gasteiger partial charge is 0.361 e. The number of fused-ring (bicyclic) bond motifs is 1. The minimum Gasteiger partial charge on any atom is -0.361 e. The quantitative estimate of drug-likeness (QED) is 0.491. The van der Waals surface area contributed by atoms with Crippen LogP contribution in [0.1, 0.15) is 59.3 Å². The SMILES string of the molecule is CCCCCCCCOCn1c(=N)n(CCN(CC)CC)c2ccccc21. The predicted octanol–water partition coefficient (Wildman–Crippen LogP) is 4.60. The van der Waals surface area contributed by atoms with Gasteiger partial charge in [-0.3, -0.25) is 9.98 Å². The van der Waals surface area contributed by atoms with Gasteiger partial charge >= 0.3 is 0 Å². The zero-order chi connectivity index (χ0) is 19.5. The third-order valence-electron chi connectivity index (χ3n) is 5.37. The summed E-state index contributed by atoms with van der Waals surface area (Å²) in [6.45, 7) is 11.8. The molecule has 0 atom stereocenters. The van der Waals surface area contributed by atoms with E-state index >= 15 is 0 Å². The van der Waals surface area contributed by atoms with Gasteiger partial charge in [-0.25, -0.2) is 0 Å². The number of ether oxygens (including phenoxy) is 1. The van der Waals surface area contributed by atoms with Crippen molar-refractivity contribution in [2.45, 2.75) is 72.6 Å². The number of rotatable bonds is 14. The second kappa shape index (κ2) is 12.0. The van der Waals surface area contributed by atoms with Crippen molar-refractivity contribution < 1.29 is 4.74 Å². The van der Waals surface area contributed by atoms with Gasteiger partial charge in [-0.1, -0.05) is 65.0 Å². The van der Waals surface area contributed by atoms with Crippen LogP contribution in [0.4, 0.5) is 0 Å². The van der Waals surface area contributed by atoms with Gasteiger partial charge in [0, 0.05) is 19.7 Å². The van der Waals surface area contributed by atoms with E-state index in [0.717, 1.165) is 50.2 Å². The molecule has 0 saturated heterocycles. The molecule has 1 aromatic heterocycles. The lowest BCUT2D eigenvalue weighted by atomic mass is 10.1. The lowest BCUT2D eigenvalue weighted by Crippen LogP contribution is -2.32. The maximum absolute atomic E-state index is 8.65. The van der Waals surface area contributed by atoms with Crippen molar-refractivity contribution in [2.75, 3.05) is 26.2 Å². The van der Waals surface area contributed by atoms with Gasteiger partial charge in [-0.2, -0.15) is 0 Å². The number of hydrogen-bond acceptors (Lipinski definition) is 3. The number of nitrogens with zero attached hydrogens (tertiary/aromatic N) is 3. The Hall–Kier alpha value is -1.59. The van der Waals surface area contributed by atoms with Gasteiger partial charge in [0.1, 0.15) is 6.73 Å². The van der Waals surface area contributed by atoms with Gasteiger partial charge in [-0.15, -0.1) is 0 Å². The van der Waals surface area contributed by atoms with Crippen molar-refractivity contribution >= 4 is 11.0 Å². The molecule has 0 bridgehead atoms. The molecule has 0 fully saturated rings. The minimum absolute atomic E-state index is 0.465. The van der Waals surface area contributed by atoms with E-state index in [-0.39, 0.29) is 0 Å². The highest BCUT2D eigenvalue weighted by molar-refractivity contribution is 5.75. The van der Waals surface area contributed by atoms with Crippen molar-refractivity contribution in [1.82, 2.24) is 14.0 Å². The van der Waals surface area contributed by atoms with Gasteiger partial charge < -0.3 is 14.2 Å². The minimum atomic E-state index is 0.465. The Bertz CT molecular complexity index is 715. The van der Waals surface area contributed by atoms with E-state index in [1.165, 1.54) is 32.1 Å². The van der Waals surface area contributed by atoms with Crippen LogP contribution in [0.25, 0.3) is 11.0 Å². The molecular formula is C22H38N4O. The molecule has 0 unspecified atom stereocenters. The lowest BCUT2D eigenvalue weighted by Gasteiger charge is -2.18. The monoisotopic (exact) mass is 374 g/mol. The maximum Gasteiger partial charge on any atom is 0.204 e. The fourth-order valence-corrected chi connectivity index (χ4v) is 3.57. The van der Waals surface area contributed by atoms with Crippen LogP contribution in [0, 0.1) is 5.41 Å². The Labute approximate surface area is 164 Å². The Morgan fingerprint density at radius 1 is 0.889 bits per heavy atom. The smallest absolute Gasteiger partial charge is 0.204 e. The third-order valence-corrected chi connectivity index (χ3v) is 5.37. The first kappa shape index (κ1) is 21.7. The lowest BCUT2D eigenvalue weighted by molar-refractivity contribution is 0.0728. The average molecular weight is 375 g/mol. The van der Waals surface area contributed by atoms with Gasteiger partial charge in [0.2, 0.25) is 5.62 Å². The number of imidazole rings is 1. The molecule has 0 spiro atoms. The first-order valence-corrected chi connectivity index (χ1v) is 10.8. The second-order valence-electron chi connectivity index (χ2n) is 7.22. The number of nitrogens with one attached hydrogen (secondary N) is 1. The number of hydrogen-bond donors (Lipinski definition) is 1. The topological polar surface area (TPSA) is 46.2 Å². The van der Waals surface area contributed by atoms with Crippen LogP contribution < -0.4 is 5.62 Å². The summed E-state index contributed by atoms with van der Waals surface area (Å²) in [5.41, 5.74) is 2.74. The molecule has 2 rings (SSSR count). The highest BCUT2D eigenvalue weighted by atomic mass is 16.5. The van der Waals surface area contributed by atoms with Crippen molar-refractivity contribution in [3.63, 3.8) is 0 Å². The summed E-state index contributed by atoms with van der Waals surface area (Å²) in [4.78, 5) is 2.40. The molecule has 0 amide bonds. The van der Waals surface area contributed by atoms with Crippen LogP contribution in [0.15, 0.2) is 24.3 Å². The number of benzene rings is 1. The fraction of sp³-hybridized carbons (Fsp3) is 0.682. The first-order chi connectivity index (χ1) is 13.2. The molecule has 0 aliphatic rings.